The molecule has 0 saturated heterocycles. The third-order valence-corrected chi connectivity index (χ3v) is 3.45. The summed E-state index contributed by atoms with van der Waals surface area (Å²) in [6.45, 7) is 0.107. The summed E-state index contributed by atoms with van der Waals surface area (Å²) in [4.78, 5) is 12.2. The van der Waals surface area contributed by atoms with Gasteiger partial charge in [-0.25, -0.2) is 4.79 Å². The molecule has 0 bridgehead atoms. The van der Waals surface area contributed by atoms with Crippen molar-refractivity contribution in [1.82, 2.24) is 10.2 Å². The first-order valence-electron chi connectivity index (χ1n) is 7.26. The zero-order valence-electron chi connectivity index (χ0n) is 12.4. The smallest absolute Gasteiger partial charge is 0.356 e. The maximum absolute atomic E-state index is 12.2. The van der Waals surface area contributed by atoms with Gasteiger partial charge in [0.2, 0.25) is 18.4 Å². The van der Waals surface area contributed by atoms with E-state index in [1.165, 1.54) is 6.39 Å². The molecule has 3 aromatic rings. The summed E-state index contributed by atoms with van der Waals surface area (Å²) in [5, 5.41) is 7.43. The molecule has 120 valence electrons. The van der Waals surface area contributed by atoms with Gasteiger partial charge in [-0.05, 0) is 36.4 Å². The number of rotatable bonds is 3. The Kier molecular flexibility index (Phi) is 3.59. The van der Waals surface area contributed by atoms with Gasteiger partial charge in [0.1, 0.15) is 12.4 Å². The lowest BCUT2D eigenvalue weighted by molar-refractivity contribution is -0.144. The average Bonchev–Trinajstić information content (AvgIpc) is 3.16. The second-order valence-corrected chi connectivity index (χ2v) is 5.05. The van der Waals surface area contributed by atoms with Gasteiger partial charge < -0.3 is 18.6 Å². The van der Waals surface area contributed by atoms with Crippen LogP contribution in [-0.2, 0) is 4.79 Å². The van der Waals surface area contributed by atoms with Gasteiger partial charge in [-0.15, -0.1) is 10.2 Å². The van der Waals surface area contributed by atoms with E-state index in [9.17, 15) is 4.79 Å². The van der Waals surface area contributed by atoms with Crippen molar-refractivity contribution in [3.63, 3.8) is 0 Å². The molecule has 1 aromatic heterocycles. The Bertz CT molecular complexity index is 846. The largest absolute Gasteiger partial charge is 0.485 e. The normalized spacial score (nSPS) is 15.8. The first-order valence-corrected chi connectivity index (χ1v) is 7.26. The lowest BCUT2D eigenvalue weighted by Gasteiger charge is -2.24. The molecule has 0 aliphatic carbocycles. The second-order valence-electron chi connectivity index (χ2n) is 5.05. The Morgan fingerprint density at radius 1 is 1.08 bits per heavy atom. The highest BCUT2D eigenvalue weighted by Crippen LogP contribution is 2.31. The Balaban J connectivity index is 1.43. The van der Waals surface area contributed by atoms with Crippen molar-refractivity contribution in [3.05, 3.63) is 54.9 Å². The summed E-state index contributed by atoms with van der Waals surface area (Å²) in [6, 6.07) is 13.9. The first kappa shape index (κ1) is 14.3. The Labute approximate surface area is 136 Å². The summed E-state index contributed by atoms with van der Waals surface area (Å²) < 4.78 is 21.6. The first-order chi connectivity index (χ1) is 11.8. The van der Waals surface area contributed by atoms with Gasteiger partial charge in [0.25, 0.3) is 0 Å². The third-order valence-electron chi connectivity index (χ3n) is 3.45. The van der Waals surface area contributed by atoms with Gasteiger partial charge in [0.15, 0.2) is 11.5 Å². The van der Waals surface area contributed by atoms with E-state index in [2.05, 4.69) is 10.2 Å². The van der Waals surface area contributed by atoms with Crippen LogP contribution in [-0.4, -0.2) is 28.9 Å². The van der Waals surface area contributed by atoms with Crippen molar-refractivity contribution in [2.75, 3.05) is 6.61 Å². The highest BCUT2D eigenvalue weighted by molar-refractivity contribution is 5.78. The number of benzene rings is 2. The van der Waals surface area contributed by atoms with Gasteiger partial charge in [0, 0.05) is 5.56 Å². The van der Waals surface area contributed by atoms with Crippen molar-refractivity contribution in [3.8, 4) is 28.7 Å². The highest BCUT2D eigenvalue weighted by Gasteiger charge is 2.29. The number of carbonyl (C=O) groups is 1. The molecule has 0 N–H and O–H groups in total. The lowest BCUT2D eigenvalue weighted by atomic mass is 10.2. The molecule has 4 rings (SSSR count). The minimum absolute atomic E-state index is 0.107. The standard InChI is InChI=1S/C17H12N2O5/c20-17(15-9-21-13-3-1-2-4-14(13)24-15)23-12-7-5-11(6-8-12)16-19-18-10-22-16/h1-8,10,15H,9H2/t15-/m0/s1. The van der Waals surface area contributed by atoms with E-state index in [4.69, 9.17) is 18.6 Å². The quantitative estimate of drug-likeness (QED) is 0.540. The van der Waals surface area contributed by atoms with Crippen LogP contribution in [0, 0.1) is 0 Å². The van der Waals surface area contributed by atoms with Crippen molar-refractivity contribution in [1.29, 1.82) is 0 Å². The topological polar surface area (TPSA) is 83.7 Å². The number of para-hydroxylation sites is 2. The Morgan fingerprint density at radius 2 is 1.88 bits per heavy atom. The number of hydrogen-bond acceptors (Lipinski definition) is 7. The summed E-state index contributed by atoms with van der Waals surface area (Å²) >= 11 is 0. The molecule has 0 saturated carbocycles. The van der Waals surface area contributed by atoms with Crippen LogP contribution in [0.25, 0.3) is 11.5 Å². The zero-order chi connectivity index (χ0) is 16.4. The monoisotopic (exact) mass is 324 g/mol. The van der Waals surface area contributed by atoms with Crippen LogP contribution in [0.5, 0.6) is 17.2 Å². The Morgan fingerprint density at radius 3 is 2.62 bits per heavy atom. The van der Waals surface area contributed by atoms with Crippen LogP contribution < -0.4 is 14.2 Å². The third kappa shape index (κ3) is 2.79. The molecule has 1 aliphatic heterocycles. The average molecular weight is 324 g/mol. The number of hydrogen-bond donors (Lipinski definition) is 0. The van der Waals surface area contributed by atoms with E-state index >= 15 is 0 Å². The fourth-order valence-electron chi connectivity index (χ4n) is 2.28. The summed E-state index contributed by atoms with van der Waals surface area (Å²) in [5.74, 6) is 1.41. The van der Waals surface area contributed by atoms with Gasteiger partial charge in [-0.2, -0.15) is 0 Å². The van der Waals surface area contributed by atoms with Crippen LogP contribution in [0.2, 0.25) is 0 Å². The van der Waals surface area contributed by atoms with Gasteiger partial charge in [-0.1, -0.05) is 12.1 Å². The van der Waals surface area contributed by atoms with Crippen LogP contribution in [0.15, 0.2) is 59.3 Å². The SMILES string of the molecule is O=C(Oc1ccc(-c2nnco2)cc1)[C@@H]1COc2ccccc2O1. The van der Waals surface area contributed by atoms with Crippen LogP contribution in [0.4, 0.5) is 0 Å². The number of ether oxygens (including phenoxy) is 3. The maximum atomic E-state index is 12.2. The number of nitrogens with zero attached hydrogens (tertiary/aromatic N) is 2. The molecule has 0 spiro atoms. The molecule has 1 atom stereocenters. The highest BCUT2D eigenvalue weighted by atomic mass is 16.6. The van der Waals surface area contributed by atoms with E-state index in [1.807, 2.05) is 12.1 Å². The summed E-state index contributed by atoms with van der Waals surface area (Å²) in [6.07, 6.45) is 0.442. The summed E-state index contributed by atoms with van der Waals surface area (Å²) in [7, 11) is 0. The number of esters is 1. The van der Waals surface area contributed by atoms with Crippen molar-refractivity contribution < 1.29 is 23.4 Å². The van der Waals surface area contributed by atoms with Gasteiger partial charge >= 0.3 is 5.97 Å². The number of aromatic nitrogens is 2. The zero-order valence-corrected chi connectivity index (χ0v) is 12.4. The van der Waals surface area contributed by atoms with Crippen LogP contribution in [0.1, 0.15) is 0 Å². The molecule has 1 aliphatic rings. The van der Waals surface area contributed by atoms with Crippen molar-refractivity contribution >= 4 is 5.97 Å². The summed E-state index contributed by atoms with van der Waals surface area (Å²) in [5.41, 5.74) is 0.735. The molecule has 2 aromatic carbocycles. The molecule has 2 heterocycles. The minimum Gasteiger partial charge on any atom is -0.485 e. The fourth-order valence-corrected chi connectivity index (χ4v) is 2.28. The van der Waals surface area contributed by atoms with Crippen molar-refractivity contribution in [2.45, 2.75) is 6.10 Å². The Hall–Kier alpha value is -3.35. The molecular formula is C17H12N2O5. The number of carbonyl (C=O) groups excluding carboxylic acids is 1. The van der Waals surface area contributed by atoms with Crippen molar-refractivity contribution in [2.24, 2.45) is 0 Å². The fraction of sp³-hybridized carbons (Fsp3) is 0.118. The number of fused-ring (bicyclic) bond motifs is 1. The molecule has 24 heavy (non-hydrogen) atoms. The molecule has 0 fully saturated rings. The molecule has 0 amide bonds. The van der Waals surface area contributed by atoms with E-state index in [0.29, 0.717) is 23.1 Å². The van der Waals surface area contributed by atoms with E-state index < -0.39 is 12.1 Å². The van der Waals surface area contributed by atoms with Crippen LogP contribution >= 0.6 is 0 Å². The molecular weight excluding hydrogens is 312 g/mol. The van der Waals surface area contributed by atoms with E-state index in [-0.39, 0.29) is 6.61 Å². The molecule has 7 heteroatoms. The predicted octanol–water partition coefficient (Wildman–Crippen LogP) is 2.48. The van der Waals surface area contributed by atoms with E-state index in [1.54, 1.807) is 36.4 Å². The van der Waals surface area contributed by atoms with E-state index in [0.717, 1.165) is 5.56 Å². The molecule has 0 radical (unpaired) electrons. The second kappa shape index (κ2) is 6.04. The van der Waals surface area contributed by atoms with Crippen LogP contribution in [0.3, 0.4) is 0 Å². The lowest BCUT2D eigenvalue weighted by Crippen LogP contribution is -2.39. The maximum Gasteiger partial charge on any atom is 0.356 e. The minimum atomic E-state index is -0.810. The molecule has 7 nitrogen and oxygen atoms in total. The van der Waals surface area contributed by atoms with Gasteiger partial charge in [-0.3, -0.25) is 0 Å². The molecule has 0 unspecified atom stereocenters. The predicted molar refractivity (Wildman–Crippen MR) is 81.7 cm³/mol. The van der Waals surface area contributed by atoms with Gasteiger partial charge in [0.05, 0.1) is 0 Å².